The van der Waals surface area contributed by atoms with E-state index in [4.69, 9.17) is 16.7 Å². The minimum Gasteiger partial charge on any atom is -0.478 e. The average molecular weight is 551 g/mol. The first-order valence-electron chi connectivity index (χ1n) is 11.6. The minimum absolute atomic E-state index is 0.0140. The number of tetrazole rings is 1. The van der Waals surface area contributed by atoms with Crippen molar-refractivity contribution in [1.29, 1.82) is 0 Å². The normalized spacial score (nSPS) is 14.8. The maximum atomic E-state index is 15.0. The molecule has 1 atom stereocenters. The van der Waals surface area contributed by atoms with Crippen molar-refractivity contribution in [3.05, 3.63) is 87.7 Å². The number of nitrogens with one attached hydrogen (secondary N) is 2. The third-order valence-electron chi connectivity index (χ3n) is 6.28. The van der Waals surface area contributed by atoms with Crippen molar-refractivity contribution < 1.29 is 23.9 Å². The van der Waals surface area contributed by atoms with E-state index in [2.05, 4.69) is 31.0 Å². The average Bonchev–Trinajstić information content (AvgIpc) is 3.59. The number of rotatable bonds is 6. The molecule has 1 aliphatic heterocycles. The van der Waals surface area contributed by atoms with E-state index in [9.17, 15) is 18.8 Å². The SMILES string of the molecule is Cc1[nH]nc2c1C(C(=O)Nc1ccc(C(=O)O)cc1)N(C(=O)C=Cc1c(-n3cnnn3)ccc(Cl)c1F)CC2. The van der Waals surface area contributed by atoms with Gasteiger partial charge >= 0.3 is 5.97 Å². The number of aromatic nitrogens is 6. The Morgan fingerprint density at radius 2 is 1.97 bits per heavy atom. The number of H-pyrrole nitrogens is 1. The minimum atomic E-state index is -1.10. The fourth-order valence-electron chi connectivity index (χ4n) is 4.41. The molecule has 0 saturated heterocycles. The van der Waals surface area contributed by atoms with Gasteiger partial charge in [-0.25, -0.2) is 9.18 Å². The Balaban J connectivity index is 1.46. The summed E-state index contributed by atoms with van der Waals surface area (Å²) in [5, 5.41) is 29.7. The molecule has 0 bridgehead atoms. The number of carboxylic acids is 1. The van der Waals surface area contributed by atoms with Gasteiger partial charge in [-0.1, -0.05) is 11.6 Å². The first-order valence-corrected chi connectivity index (χ1v) is 12.0. The number of amides is 2. The first kappa shape index (κ1) is 25.7. The van der Waals surface area contributed by atoms with Gasteiger partial charge in [-0.2, -0.15) is 9.78 Å². The Hall–Kier alpha value is -4.91. The highest BCUT2D eigenvalue weighted by molar-refractivity contribution is 6.31. The van der Waals surface area contributed by atoms with Gasteiger partial charge in [0.15, 0.2) is 5.82 Å². The van der Waals surface area contributed by atoms with Crippen LogP contribution in [0.1, 0.15) is 38.9 Å². The van der Waals surface area contributed by atoms with E-state index in [1.807, 2.05) is 0 Å². The molecule has 0 fully saturated rings. The number of aromatic amines is 1. The van der Waals surface area contributed by atoms with Crippen LogP contribution in [0, 0.1) is 12.7 Å². The van der Waals surface area contributed by atoms with Gasteiger partial charge in [-0.3, -0.25) is 14.7 Å². The Bertz CT molecular complexity index is 1600. The van der Waals surface area contributed by atoms with Crippen LogP contribution in [0.5, 0.6) is 0 Å². The molecule has 0 aliphatic carbocycles. The number of carbonyl (C=O) groups is 3. The Morgan fingerprint density at radius 3 is 2.67 bits per heavy atom. The highest BCUT2D eigenvalue weighted by atomic mass is 35.5. The lowest BCUT2D eigenvalue weighted by atomic mass is 9.95. The number of hydrogen-bond acceptors (Lipinski definition) is 7. The van der Waals surface area contributed by atoms with E-state index < -0.39 is 29.6 Å². The summed E-state index contributed by atoms with van der Waals surface area (Å²) in [7, 11) is 0. The summed E-state index contributed by atoms with van der Waals surface area (Å²) in [4.78, 5) is 39.5. The van der Waals surface area contributed by atoms with Crippen LogP contribution in [0.2, 0.25) is 5.02 Å². The first-order chi connectivity index (χ1) is 18.7. The predicted octanol–water partition coefficient (Wildman–Crippen LogP) is 2.96. The second-order valence-electron chi connectivity index (χ2n) is 8.65. The third-order valence-corrected chi connectivity index (χ3v) is 6.57. The molecule has 0 saturated carbocycles. The molecule has 0 spiro atoms. The molecule has 3 N–H and O–H groups in total. The zero-order chi connectivity index (χ0) is 27.7. The Morgan fingerprint density at radius 1 is 1.21 bits per heavy atom. The summed E-state index contributed by atoms with van der Waals surface area (Å²) in [6.45, 7) is 1.92. The van der Waals surface area contributed by atoms with Crippen molar-refractivity contribution in [2.75, 3.05) is 11.9 Å². The summed E-state index contributed by atoms with van der Waals surface area (Å²) in [5.41, 5.74) is 2.50. The van der Waals surface area contributed by atoms with Crippen molar-refractivity contribution >= 4 is 41.1 Å². The topological polar surface area (TPSA) is 159 Å². The molecule has 1 aliphatic rings. The van der Waals surface area contributed by atoms with Gasteiger partial charge in [-0.15, -0.1) is 5.10 Å². The molecule has 2 aromatic heterocycles. The van der Waals surface area contributed by atoms with Crippen LogP contribution in [-0.2, 0) is 16.0 Å². The fraction of sp³-hybridized carbons (Fsp3) is 0.160. The molecule has 198 valence electrons. The predicted molar refractivity (Wildman–Crippen MR) is 137 cm³/mol. The van der Waals surface area contributed by atoms with E-state index in [1.54, 1.807) is 6.92 Å². The number of carbonyl (C=O) groups excluding carboxylic acids is 2. The number of aromatic carboxylic acids is 1. The highest BCUT2D eigenvalue weighted by Crippen LogP contribution is 2.33. The third kappa shape index (κ3) is 4.99. The molecule has 2 aromatic carbocycles. The monoisotopic (exact) mass is 550 g/mol. The summed E-state index contributed by atoms with van der Waals surface area (Å²) < 4.78 is 16.2. The Kier molecular flexibility index (Phi) is 6.90. The van der Waals surface area contributed by atoms with E-state index in [0.717, 1.165) is 6.08 Å². The number of carboxylic acid groups (broad SMARTS) is 1. The fourth-order valence-corrected chi connectivity index (χ4v) is 4.57. The lowest BCUT2D eigenvalue weighted by Crippen LogP contribution is -2.44. The second-order valence-corrected chi connectivity index (χ2v) is 9.05. The number of aryl methyl sites for hydroxylation is 1. The highest BCUT2D eigenvalue weighted by Gasteiger charge is 2.38. The summed E-state index contributed by atoms with van der Waals surface area (Å²) in [6.07, 6.45) is 4.10. The van der Waals surface area contributed by atoms with Crippen LogP contribution < -0.4 is 5.32 Å². The quantitative estimate of drug-likeness (QED) is 0.309. The molecule has 1 unspecified atom stereocenters. The molecule has 3 heterocycles. The summed E-state index contributed by atoms with van der Waals surface area (Å²) in [5.74, 6) is -2.93. The summed E-state index contributed by atoms with van der Waals surface area (Å²) in [6, 6.07) is 7.46. The van der Waals surface area contributed by atoms with Gasteiger partial charge in [0.25, 0.3) is 5.91 Å². The lowest BCUT2D eigenvalue weighted by molar-refractivity contribution is -0.135. The zero-order valence-corrected chi connectivity index (χ0v) is 21.1. The smallest absolute Gasteiger partial charge is 0.335 e. The van der Waals surface area contributed by atoms with Crippen LogP contribution in [0.15, 0.2) is 48.8 Å². The van der Waals surface area contributed by atoms with Gasteiger partial charge in [0, 0.05) is 41.5 Å². The molecule has 2 amide bonds. The van der Waals surface area contributed by atoms with Gasteiger partial charge in [-0.05, 0) is 59.8 Å². The van der Waals surface area contributed by atoms with Crippen LogP contribution >= 0.6 is 11.6 Å². The number of hydrogen-bond donors (Lipinski definition) is 3. The largest absolute Gasteiger partial charge is 0.478 e. The molecule has 5 rings (SSSR count). The van der Waals surface area contributed by atoms with Crippen LogP contribution in [0.3, 0.4) is 0 Å². The van der Waals surface area contributed by atoms with Crippen molar-refractivity contribution in [3.8, 4) is 5.69 Å². The molecule has 4 aromatic rings. The standard InChI is InChI=1S/C25H20ClFN8O4/c1-13-21-18(31-30-13)10-11-34(23(21)24(37)29-15-4-2-14(3-5-15)25(38)39)20(36)9-6-16-19(35-12-28-32-33-35)8-7-17(26)22(16)27/h2-9,12,23H,10-11H2,1H3,(H,29,37)(H,30,31)(H,38,39). The number of halogens is 2. The van der Waals surface area contributed by atoms with Crippen molar-refractivity contribution in [3.63, 3.8) is 0 Å². The number of benzene rings is 2. The number of anilines is 1. The second kappa shape index (κ2) is 10.5. The van der Waals surface area contributed by atoms with E-state index in [-0.39, 0.29) is 28.4 Å². The van der Waals surface area contributed by atoms with Crippen LogP contribution in [-0.4, -0.2) is 64.7 Å². The lowest BCUT2D eigenvalue weighted by Gasteiger charge is -2.34. The van der Waals surface area contributed by atoms with Crippen LogP contribution in [0.4, 0.5) is 10.1 Å². The molecule has 39 heavy (non-hydrogen) atoms. The summed E-state index contributed by atoms with van der Waals surface area (Å²) >= 11 is 5.98. The molecule has 14 heteroatoms. The van der Waals surface area contributed by atoms with Gasteiger partial charge < -0.3 is 15.3 Å². The van der Waals surface area contributed by atoms with Gasteiger partial charge in [0.05, 0.1) is 22.0 Å². The van der Waals surface area contributed by atoms with Gasteiger partial charge in [0.2, 0.25) is 5.91 Å². The van der Waals surface area contributed by atoms with Crippen LogP contribution in [0.25, 0.3) is 11.8 Å². The van der Waals surface area contributed by atoms with E-state index >= 15 is 0 Å². The van der Waals surface area contributed by atoms with E-state index in [1.165, 1.54) is 58.4 Å². The molecular formula is C25H20ClFN8O4. The number of fused-ring (bicyclic) bond motifs is 1. The maximum Gasteiger partial charge on any atom is 0.335 e. The maximum absolute atomic E-state index is 15.0. The Labute approximate surface area is 225 Å². The van der Waals surface area contributed by atoms with Crippen molar-refractivity contribution in [2.24, 2.45) is 0 Å². The zero-order valence-electron chi connectivity index (χ0n) is 20.3. The van der Waals surface area contributed by atoms with Gasteiger partial charge in [0.1, 0.15) is 12.4 Å². The van der Waals surface area contributed by atoms with Crippen molar-refractivity contribution in [1.82, 2.24) is 35.3 Å². The molecule has 0 radical (unpaired) electrons. The van der Waals surface area contributed by atoms with Crippen molar-refractivity contribution in [2.45, 2.75) is 19.4 Å². The molecular weight excluding hydrogens is 531 g/mol. The van der Waals surface area contributed by atoms with E-state index in [0.29, 0.717) is 29.1 Å². The molecule has 12 nitrogen and oxygen atoms in total. The number of nitrogens with zero attached hydrogens (tertiary/aromatic N) is 6.